The first-order chi connectivity index (χ1) is 13.5. The minimum absolute atomic E-state index is 0.156. The normalized spacial score (nSPS) is 10.8. The molecule has 0 unspecified atom stereocenters. The largest absolute Gasteiger partial charge is 0.463 e. The molecule has 0 N–H and O–H groups in total. The van der Waals surface area contributed by atoms with Crippen molar-refractivity contribution in [2.24, 2.45) is 0 Å². The molecule has 0 saturated carbocycles. The summed E-state index contributed by atoms with van der Waals surface area (Å²) in [6.07, 6.45) is 1.41. The van der Waals surface area contributed by atoms with Crippen LogP contribution in [0.25, 0.3) is 22.1 Å². The molecular weight excluding hydrogens is 444 g/mol. The topological polar surface area (TPSA) is 56.5 Å². The lowest BCUT2D eigenvalue weighted by molar-refractivity contribution is 0.0735. The Morgan fingerprint density at radius 1 is 1.00 bits per heavy atom. The van der Waals surface area contributed by atoms with Gasteiger partial charge in [-0.3, -0.25) is 4.79 Å². The van der Waals surface area contributed by atoms with Crippen molar-refractivity contribution in [3.63, 3.8) is 0 Å². The molecule has 0 bridgehead atoms. The van der Waals surface area contributed by atoms with Crippen LogP contribution < -0.4 is 10.2 Å². The number of carbonyl (C=O) groups excluding carboxylic acids is 1. The van der Waals surface area contributed by atoms with E-state index >= 15 is 0 Å². The van der Waals surface area contributed by atoms with E-state index in [9.17, 15) is 9.59 Å². The second-order valence-corrected chi connectivity index (χ2v) is 7.40. The highest BCUT2D eigenvalue weighted by atomic mass is 79.9. The van der Waals surface area contributed by atoms with E-state index in [1.54, 1.807) is 30.3 Å². The maximum atomic E-state index is 12.8. The van der Waals surface area contributed by atoms with E-state index in [2.05, 4.69) is 15.9 Å². The standard InChI is InChI=1S/C22H12BrClO4/c23-15-6-4-13(5-7-15)19-12-27-20-11-17(8-9-18(20)21(19)25)28-22(26)14-2-1-3-16(24)10-14/h1-12H. The molecule has 4 nitrogen and oxygen atoms in total. The van der Waals surface area contributed by atoms with Gasteiger partial charge in [0.05, 0.1) is 16.5 Å². The molecule has 0 aliphatic heterocycles. The highest BCUT2D eigenvalue weighted by Gasteiger charge is 2.13. The number of carbonyl (C=O) groups is 1. The van der Waals surface area contributed by atoms with Gasteiger partial charge in [-0.2, -0.15) is 0 Å². The third-order valence-corrected chi connectivity index (χ3v) is 4.94. The highest BCUT2D eigenvalue weighted by molar-refractivity contribution is 9.10. The summed E-state index contributed by atoms with van der Waals surface area (Å²) in [5.74, 6) is -0.271. The van der Waals surface area contributed by atoms with Gasteiger partial charge in [0, 0.05) is 15.6 Å². The molecule has 0 spiro atoms. The summed E-state index contributed by atoms with van der Waals surface area (Å²) in [7, 11) is 0. The van der Waals surface area contributed by atoms with Gasteiger partial charge in [-0.1, -0.05) is 45.7 Å². The van der Waals surface area contributed by atoms with Gasteiger partial charge in [0.15, 0.2) is 5.43 Å². The molecule has 0 aliphatic carbocycles. The maximum absolute atomic E-state index is 12.8. The van der Waals surface area contributed by atoms with E-state index in [4.69, 9.17) is 20.8 Å². The van der Waals surface area contributed by atoms with Crippen molar-refractivity contribution >= 4 is 44.5 Å². The van der Waals surface area contributed by atoms with Crippen LogP contribution in [-0.2, 0) is 0 Å². The second kappa shape index (κ2) is 7.62. The molecule has 0 radical (unpaired) electrons. The Bertz CT molecular complexity index is 1250. The van der Waals surface area contributed by atoms with Crippen LogP contribution in [0.2, 0.25) is 5.02 Å². The average Bonchev–Trinajstić information content (AvgIpc) is 2.69. The van der Waals surface area contributed by atoms with E-state index in [1.165, 1.54) is 18.4 Å². The molecule has 1 aromatic heterocycles. The summed E-state index contributed by atoms with van der Waals surface area (Å²) in [6.45, 7) is 0. The number of hydrogen-bond acceptors (Lipinski definition) is 4. The summed E-state index contributed by atoms with van der Waals surface area (Å²) in [5.41, 5.74) is 1.73. The fourth-order valence-electron chi connectivity index (χ4n) is 2.78. The Morgan fingerprint density at radius 2 is 1.79 bits per heavy atom. The zero-order valence-electron chi connectivity index (χ0n) is 14.3. The Labute approximate surface area is 173 Å². The van der Waals surface area contributed by atoms with Crippen LogP contribution in [0.1, 0.15) is 10.4 Å². The van der Waals surface area contributed by atoms with Crippen LogP contribution >= 0.6 is 27.5 Å². The molecule has 4 rings (SSSR count). The third-order valence-electron chi connectivity index (χ3n) is 4.17. The molecule has 6 heteroatoms. The van der Waals surface area contributed by atoms with E-state index in [0.717, 1.165) is 10.0 Å². The third kappa shape index (κ3) is 3.72. The Kier molecular flexibility index (Phi) is 5.03. The summed E-state index contributed by atoms with van der Waals surface area (Å²) in [6, 6.07) is 18.5. The van der Waals surface area contributed by atoms with E-state index < -0.39 is 5.97 Å². The molecular formula is C22H12BrClO4. The zero-order chi connectivity index (χ0) is 19.7. The van der Waals surface area contributed by atoms with Crippen LogP contribution in [0.3, 0.4) is 0 Å². The highest BCUT2D eigenvalue weighted by Crippen LogP contribution is 2.25. The molecule has 0 saturated heterocycles. The number of rotatable bonds is 3. The molecule has 138 valence electrons. The first kappa shape index (κ1) is 18.5. The molecule has 3 aromatic carbocycles. The SMILES string of the molecule is O=C(Oc1ccc2c(=O)c(-c3ccc(Br)cc3)coc2c1)c1cccc(Cl)c1. The number of esters is 1. The number of hydrogen-bond donors (Lipinski definition) is 0. The first-order valence-electron chi connectivity index (χ1n) is 8.30. The van der Waals surface area contributed by atoms with E-state index in [-0.39, 0.29) is 11.2 Å². The van der Waals surface area contributed by atoms with Crippen LogP contribution in [-0.4, -0.2) is 5.97 Å². The molecule has 0 fully saturated rings. The summed E-state index contributed by atoms with van der Waals surface area (Å²) in [5, 5.41) is 0.849. The second-order valence-electron chi connectivity index (χ2n) is 6.04. The van der Waals surface area contributed by atoms with Crippen molar-refractivity contribution in [2.45, 2.75) is 0 Å². The molecule has 28 heavy (non-hydrogen) atoms. The number of ether oxygens (including phenoxy) is 1. The van der Waals surface area contributed by atoms with Crippen LogP contribution in [0.15, 0.2) is 86.7 Å². The molecule has 4 aromatic rings. The molecule has 0 atom stereocenters. The van der Waals surface area contributed by atoms with Crippen molar-refractivity contribution in [1.29, 1.82) is 0 Å². The van der Waals surface area contributed by atoms with Gasteiger partial charge in [-0.15, -0.1) is 0 Å². The van der Waals surface area contributed by atoms with Gasteiger partial charge in [0.25, 0.3) is 0 Å². The quantitative estimate of drug-likeness (QED) is 0.277. The summed E-state index contributed by atoms with van der Waals surface area (Å²) >= 11 is 9.28. The lowest BCUT2D eigenvalue weighted by Gasteiger charge is -2.07. The van der Waals surface area contributed by atoms with Gasteiger partial charge in [-0.25, -0.2) is 4.79 Å². The zero-order valence-corrected chi connectivity index (χ0v) is 16.7. The van der Waals surface area contributed by atoms with E-state index in [1.807, 2.05) is 24.3 Å². The lowest BCUT2D eigenvalue weighted by Crippen LogP contribution is -2.09. The summed E-state index contributed by atoms with van der Waals surface area (Å²) < 4.78 is 11.9. The van der Waals surface area contributed by atoms with Gasteiger partial charge >= 0.3 is 5.97 Å². The Balaban J connectivity index is 1.67. The number of halogens is 2. The van der Waals surface area contributed by atoms with Gasteiger partial charge < -0.3 is 9.15 Å². The fourth-order valence-corrected chi connectivity index (χ4v) is 3.24. The Hall–Kier alpha value is -2.89. The smallest absolute Gasteiger partial charge is 0.343 e. The van der Waals surface area contributed by atoms with Crippen molar-refractivity contribution in [1.82, 2.24) is 0 Å². The predicted molar refractivity (Wildman–Crippen MR) is 112 cm³/mol. The molecule has 0 amide bonds. The van der Waals surface area contributed by atoms with Crippen LogP contribution in [0.4, 0.5) is 0 Å². The fraction of sp³-hybridized carbons (Fsp3) is 0. The van der Waals surface area contributed by atoms with Crippen LogP contribution in [0, 0.1) is 0 Å². The van der Waals surface area contributed by atoms with Crippen molar-refractivity contribution in [2.75, 3.05) is 0 Å². The monoisotopic (exact) mass is 454 g/mol. The van der Waals surface area contributed by atoms with Crippen LogP contribution in [0.5, 0.6) is 5.75 Å². The van der Waals surface area contributed by atoms with Crippen molar-refractivity contribution in [3.05, 3.63) is 98.3 Å². The summed E-state index contributed by atoms with van der Waals surface area (Å²) in [4.78, 5) is 25.1. The first-order valence-corrected chi connectivity index (χ1v) is 9.47. The lowest BCUT2D eigenvalue weighted by atomic mass is 10.1. The number of fused-ring (bicyclic) bond motifs is 1. The van der Waals surface area contributed by atoms with E-state index in [0.29, 0.717) is 27.1 Å². The molecule has 0 aliphatic rings. The van der Waals surface area contributed by atoms with Gasteiger partial charge in [0.1, 0.15) is 17.6 Å². The average molecular weight is 456 g/mol. The molecule has 1 heterocycles. The maximum Gasteiger partial charge on any atom is 0.343 e. The predicted octanol–water partition coefficient (Wildman–Crippen LogP) is 6.10. The van der Waals surface area contributed by atoms with Crippen molar-refractivity contribution in [3.8, 4) is 16.9 Å². The minimum atomic E-state index is -0.546. The van der Waals surface area contributed by atoms with Gasteiger partial charge in [-0.05, 0) is 48.0 Å². The number of benzene rings is 3. The van der Waals surface area contributed by atoms with Crippen molar-refractivity contribution < 1.29 is 13.9 Å². The minimum Gasteiger partial charge on any atom is -0.463 e. The Morgan fingerprint density at radius 3 is 2.54 bits per heavy atom. The van der Waals surface area contributed by atoms with Gasteiger partial charge in [0.2, 0.25) is 0 Å².